The highest BCUT2D eigenvalue weighted by atomic mass is 35.5. The van der Waals surface area contributed by atoms with Crippen LogP contribution < -0.4 is 5.32 Å². The Hall–Kier alpha value is -3.05. The Morgan fingerprint density at radius 3 is 2.52 bits per heavy atom. The minimum atomic E-state index is -0.606. The SMILES string of the molecule is COC(=O)c1c(C)[nH]c(-c2ccc(Cl)cc2)c1[C@@H]1C(=O)Nc2ccccc21. The number of methoxy groups -OCH3 is 1. The van der Waals surface area contributed by atoms with E-state index in [1.807, 2.05) is 36.4 Å². The minimum absolute atomic E-state index is 0.171. The van der Waals surface area contributed by atoms with E-state index in [-0.39, 0.29) is 5.91 Å². The van der Waals surface area contributed by atoms with E-state index >= 15 is 0 Å². The van der Waals surface area contributed by atoms with E-state index in [1.54, 1.807) is 19.1 Å². The molecule has 6 heteroatoms. The average molecular weight is 381 g/mol. The van der Waals surface area contributed by atoms with Gasteiger partial charge in [0.1, 0.15) is 0 Å². The van der Waals surface area contributed by atoms with E-state index < -0.39 is 11.9 Å². The molecule has 0 fully saturated rings. The van der Waals surface area contributed by atoms with E-state index in [0.29, 0.717) is 27.5 Å². The van der Waals surface area contributed by atoms with E-state index in [0.717, 1.165) is 16.8 Å². The topological polar surface area (TPSA) is 71.2 Å². The van der Waals surface area contributed by atoms with Crippen LogP contribution in [0.3, 0.4) is 0 Å². The maximum absolute atomic E-state index is 12.8. The number of halogens is 1. The highest BCUT2D eigenvalue weighted by molar-refractivity contribution is 6.30. The van der Waals surface area contributed by atoms with Crippen LogP contribution in [0.25, 0.3) is 11.3 Å². The summed E-state index contributed by atoms with van der Waals surface area (Å²) in [5, 5.41) is 3.51. The third-order valence-corrected chi connectivity index (χ3v) is 5.08. The molecule has 0 bridgehead atoms. The van der Waals surface area contributed by atoms with Crippen molar-refractivity contribution in [1.82, 2.24) is 4.98 Å². The van der Waals surface area contributed by atoms with Crippen LogP contribution in [-0.4, -0.2) is 24.0 Å². The number of para-hydroxylation sites is 1. The molecule has 1 aromatic heterocycles. The third kappa shape index (κ3) is 2.80. The van der Waals surface area contributed by atoms with Gasteiger partial charge in [-0.3, -0.25) is 4.79 Å². The predicted octanol–water partition coefficient (Wildman–Crippen LogP) is 4.51. The van der Waals surface area contributed by atoms with Crippen LogP contribution in [0.1, 0.15) is 33.1 Å². The Kier molecular flexibility index (Phi) is 4.24. The molecule has 0 saturated heterocycles. The van der Waals surface area contributed by atoms with Gasteiger partial charge in [0.15, 0.2) is 0 Å². The zero-order chi connectivity index (χ0) is 19.1. The summed E-state index contributed by atoms with van der Waals surface area (Å²) in [4.78, 5) is 28.6. The van der Waals surface area contributed by atoms with Crippen molar-refractivity contribution in [3.8, 4) is 11.3 Å². The standard InChI is InChI=1S/C21H17ClN2O3/c1-11-16(21(26)27-2)18(19(23-11)12-7-9-13(22)10-8-12)17-14-5-3-4-6-15(14)24-20(17)25/h3-10,17,23H,1-2H3,(H,24,25)/t17-/m1/s1. The van der Waals surface area contributed by atoms with Gasteiger partial charge >= 0.3 is 5.97 Å². The van der Waals surface area contributed by atoms with Crippen molar-refractivity contribution in [2.75, 3.05) is 12.4 Å². The van der Waals surface area contributed by atoms with Gasteiger partial charge in [0.2, 0.25) is 5.91 Å². The lowest BCUT2D eigenvalue weighted by Crippen LogP contribution is -2.17. The summed E-state index contributed by atoms with van der Waals surface area (Å²) in [6.07, 6.45) is 0. The number of aryl methyl sites for hydroxylation is 1. The average Bonchev–Trinajstić information content (AvgIpc) is 3.17. The fourth-order valence-electron chi connectivity index (χ4n) is 3.64. The van der Waals surface area contributed by atoms with Gasteiger partial charge in [0, 0.05) is 22.0 Å². The number of hydrogen-bond acceptors (Lipinski definition) is 3. The number of fused-ring (bicyclic) bond motifs is 1. The van der Waals surface area contributed by atoms with Crippen LogP contribution in [0.15, 0.2) is 48.5 Å². The first kappa shape index (κ1) is 17.4. The summed E-state index contributed by atoms with van der Waals surface area (Å²) in [5.41, 5.74) is 4.79. The molecule has 1 aliphatic heterocycles. The normalized spacial score (nSPS) is 15.4. The number of aromatic nitrogens is 1. The van der Waals surface area contributed by atoms with Crippen molar-refractivity contribution < 1.29 is 14.3 Å². The van der Waals surface area contributed by atoms with Gasteiger partial charge in [-0.2, -0.15) is 0 Å². The van der Waals surface area contributed by atoms with Crippen molar-refractivity contribution in [2.24, 2.45) is 0 Å². The second kappa shape index (κ2) is 6.59. The van der Waals surface area contributed by atoms with E-state index in [4.69, 9.17) is 16.3 Å². The largest absolute Gasteiger partial charge is 0.465 e. The molecule has 0 saturated carbocycles. The summed E-state index contributed by atoms with van der Waals surface area (Å²) >= 11 is 6.02. The Morgan fingerprint density at radius 1 is 1.11 bits per heavy atom. The zero-order valence-electron chi connectivity index (χ0n) is 14.8. The van der Waals surface area contributed by atoms with Gasteiger partial charge in [-0.25, -0.2) is 4.79 Å². The van der Waals surface area contributed by atoms with Crippen molar-refractivity contribution in [1.29, 1.82) is 0 Å². The maximum Gasteiger partial charge on any atom is 0.340 e. The van der Waals surface area contributed by atoms with Crippen molar-refractivity contribution in [2.45, 2.75) is 12.8 Å². The number of hydrogen-bond donors (Lipinski definition) is 2. The van der Waals surface area contributed by atoms with Crippen LogP contribution in [0, 0.1) is 6.92 Å². The Labute approximate surface area is 161 Å². The molecule has 0 aliphatic carbocycles. The van der Waals surface area contributed by atoms with Gasteiger partial charge in [-0.15, -0.1) is 0 Å². The molecule has 2 heterocycles. The molecular formula is C21H17ClN2O3. The molecule has 5 nitrogen and oxygen atoms in total. The second-order valence-corrected chi connectivity index (χ2v) is 6.86. The van der Waals surface area contributed by atoms with Crippen LogP contribution in [-0.2, 0) is 9.53 Å². The van der Waals surface area contributed by atoms with Crippen molar-refractivity contribution in [3.63, 3.8) is 0 Å². The van der Waals surface area contributed by atoms with Crippen LogP contribution >= 0.6 is 11.6 Å². The number of aromatic amines is 1. The number of carbonyl (C=O) groups excluding carboxylic acids is 2. The highest BCUT2D eigenvalue weighted by Gasteiger charge is 2.38. The highest BCUT2D eigenvalue weighted by Crippen LogP contribution is 2.43. The molecule has 0 spiro atoms. The second-order valence-electron chi connectivity index (χ2n) is 6.42. The number of carbonyl (C=O) groups is 2. The lowest BCUT2D eigenvalue weighted by molar-refractivity contribution is -0.116. The zero-order valence-corrected chi connectivity index (χ0v) is 15.6. The number of esters is 1. The Morgan fingerprint density at radius 2 is 1.81 bits per heavy atom. The van der Waals surface area contributed by atoms with E-state index in [9.17, 15) is 9.59 Å². The lowest BCUT2D eigenvalue weighted by atomic mass is 9.87. The summed E-state index contributed by atoms with van der Waals surface area (Å²) in [5.74, 6) is -1.25. The monoisotopic (exact) mass is 380 g/mol. The first-order valence-electron chi connectivity index (χ1n) is 8.47. The van der Waals surface area contributed by atoms with E-state index in [1.165, 1.54) is 7.11 Å². The molecule has 2 N–H and O–H groups in total. The molecule has 0 radical (unpaired) electrons. The first-order valence-corrected chi connectivity index (χ1v) is 8.85. The number of amides is 1. The molecule has 3 aromatic rings. The molecule has 0 unspecified atom stereocenters. The maximum atomic E-state index is 12.8. The summed E-state index contributed by atoms with van der Waals surface area (Å²) < 4.78 is 5.00. The lowest BCUT2D eigenvalue weighted by Gasteiger charge is -2.13. The molecule has 4 rings (SSSR count). The molecule has 136 valence electrons. The third-order valence-electron chi connectivity index (χ3n) is 4.83. The fraction of sp³-hybridized carbons (Fsp3) is 0.143. The minimum Gasteiger partial charge on any atom is -0.465 e. The molecule has 1 atom stereocenters. The smallest absolute Gasteiger partial charge is 0.340 e. The number of nitrogens with one attached hydrogen (secondary N) is 2. The molecule has 1 aliphatic rings. The van der Waals surface area contributed by atoms with Crippen LogP contribution in [0.4, 0.5) is 5.69 Å². The number of H-pyrrole nitrogens is 1. The Bertz CT molecular complexity index is 1050. The van der Waals surface area contributed by atoms with E-state index in [2.05, 4.69) is 10.3 Å². The summed E-state index contributed by atoms with van der Waals surface area (Å²) in [6, 6.07) is 14.8. The van der Waals surface area contributed by atoms with Gasteiger partial charge in [-0.05, 0) is 36.2 Å². The summed E-state index contributed by atoms with van der Waals surface area (Å²) in [6.45, 7) is 1.80. The summed E-state index contributed by atoms with van der Waals surface area (Å²) in [7, 11) is 1.34. The molecular weight excluding hydrogens is 364 g/mol. The predicted molar refractivity (Wildman–Crippen MR) is 104 cm³/mol. The van der Waals surface area contributed by atoms with Crippen molar-refractivity contribution in [3.05, 3.63) is 75.9 Å². The first-order chi connectivity index (χ1) is 13.0. The van der Waals surface area contributed by atoms with Gasteiger partial charge in [0.05, 0.1) is 24.3 Å². The number of rotatable bonds is 3. The molecule has 2 aromatic carbocycles. The van der Waals surface area contributed by atoms with Crippen LogP contribution in [0.5, 0.6) is 0 Å². The van der Waals surface area contributed by atoms with Crippen molar-refractivity contribution >= 4 is 29.2 Å². The number of benzene rings is 2. The fourth-order valence-corrected chi connectivity index (χ4v) is 3.76. The molecule has 27 heavy (non-hydrogen) atoms. The van der Waals surface area contributed by atoms with Gasteiger partial charge < -0.3 is 15.0 Å². The molecule has 1 amide bonds. The number of ether oxygens (including phenoxy) is 1. The Balaban J connectivity index is 1.99. The van der Waals surface area contributed by atoms with Gasteiger partial charge in [-0.1, -0.05) is 41.9 Å². The quantitative estimate of drug-likeness (QED) is 0.656. The number of anilines is 1. The van der Waals surface area contributed by atoms with Crippen LogP contribution in [0.2, 0.25) is 5.02 Å². The van der Waals surface area contributed by atoms with Gasteiger partial charge in [0.25, 0.3) is 0 Å².